The van der Waals surface area contributed by atoms with Gasteiger partial charge in [-0.1, -0.05) is 60.7 Å². The van der Waals surface area contributed by atoms with E-state index in [0.717, 1.165) is 6.42 Å². The molecular formula is C17H18N2OS. The average Bonchev–Trinajstić information content (AvgIpc) is 2.52. The second-order valence-electron chi connectivity index (χ2n) is 4.82. The zero-order chi connectivity index (χ0) is 15.1. The van der Waals surface area contributed by atoms with Crippen LogP contribution >= 0.6 is 12.2 Å². The van der Waals surface area contributed by atoms with Gasteiger partial charge in [-0.05, 0) is 30.5 Å². The topological polar surface area (TPSA) is 55.1 Å². The summed E-state index contributed by atoms with van der Waals surface area (Å²) in [5.41, 5.74) is 7.56. The van der Waals surface area contributed by atoms with Crippen LogP contribution in [0.5, 0.6) is 0 Å². The van der Waals surface area contributed by atoms with Crippen LogP contribution in [-0.4, -0.2) is 16.9 Å². The number of carbonyl (C=O) groups excluding carboxylic acids is 1. The molecule has 4 heteroatoms. The molecule has 0 aromatic heterocycles. The SMILES string of the molecule is NC(=S)[C@H](CCc1ccccc1)NC(=O)c1ccccc1. The van der Waals surface area contributed by atoms with E-state index in [9.17, 15) is 4.79 Å². The molecule has 2 aromatic carbocycles. The van der Waals surface area contributed by atoms with Crippen molar-refractivity contribution >= 4 is 23.1 Å². The molecule has 2 aromatic rings. The number of rotatable bonds is 6. The molecule has 0 fully saturated rings. The van der Waals surface area contributed by atoms with Crippen molar-refractivity contribution in [2.24, 2.45) is 5.73 Å². The molecule has 2 rings (SSSR count). The number of hydrogen-bond acceptors (Lipinski definition) is 2. The Morgan fingerprint density at radius 1 is 1.05 bits per heavy atom. The molecule has 21 heavy (non-hydrogen) atoms. The number of aryl methyl sites for hydroxylation is 1. The van der Waals surface area contributed by atoms with Gasteiger partial charge in [-0.2, -0.15) is 0 Å². The normalized spacial score (nSPS) is 11.6. The molecule has 0 saturated carbocycles. The Balaban J connectivity index is 1.96. The van der Waals surface area contributed by atoms with E-state index >= 15 is 0 Å². The third kappa shape index (κ3) is 4.68. The summed E-state index contributed by atoms with van der Waals surface area (Å²) >= 11 is 5.06. The molecule has 0 heterocycles. The highest BCUT2D eigenvalue weighted by molar-refractivity contribution is 7.80. The van der Waals surface area contributed by atoms with Crippen molar-refractivity contribution in [2.45, 2.75) is 18.9 Å². The molecule has 1 amide bonds. The Bertz CT molecular complexity index is 599. The zero-order valence-corrected chi connectivity index (χ0v) is 12.5. The molecule has 0 aliphatic carbocycles. The minimum Gasteiger partial charge on any atom is -0.392 e. The molecule has 0 saturated heterocycles. The summed E-state index contributed by atoms with van der Waals surface area (Å²) in [6.07, 6.45) is 1.51. The second-order valence-corrected chi connectivity index (χ2v) is 5.29. The zero-order valence-electron chi connectivity index (χ0n) is 11.7. The van der Waals surface area contributed by atoms with Crippen LogP contribution in [0.25, 0.3) is 0 Å². The fourth-order valence-corrected chi connectivity index (χ4v) is 2.25. The van der Waals surface area contributed by atoms with Gasteiger partial charge in [0.15, 0.2) is 0 Å². The fraction of sp³-hybridized carbons (Fsp3) is 0.176. The van der Waals surface area contributed by atoms with Crippen LogP contribution in [0.1, 0.15) is 22.3 Å². The van der Waals surface area contributed by atoms with E-state index in [1.54, 1.807) is 12.1 Å². The summed E-state index contributed by atoms with van der Waals surface area (Å²) in [6, 6.07) is 18.8. The van der Waals surface area contributed by atoms with Gasteiger partial charge in [0.05, 0.1) is 11.0 Å². The highest BCUT2D eigenvalue weighted by atomic mass is 32.1. The van der Waals surface area contributed by atoms with Gasteiger partial charge in [0.1, 0.15) is 0 Å². The number of thiocarbonyl (C=S) groups is 1. The van der Waals surface area contributed by atoms with Gasteiger partial charge in [-0.25, -0.2) is 0 Å². The molecule has 1 atom stereocenters. The maximum absolute atomic E-state index is 12.1. The van der Waals surface area contributed by atoms with Gasteiger partial charge in [-0.3, -0.25) is 4.79 Å². The van der Waals surface area contributed by atoms with Gasteiger partial charge >= 0.3 is 0 Å². The van der Waals surface area contributed by atoms with E-state index in [4.69, 9.17) is 18.0 Å². The van der Waals surface area contributed by atoms with Gasteiger partial charge in [-0.15, -0.1) is 0 Å². The lowest BCUT2D eigenvalue weighted by molar-refractivity contribution is 0.0946. The van der Waals surface area contributed by atoms with Crippen molar-refractivity contribution in [1.29, 1.82) is 0 Å². The quantitative estimate of drug-likeness (QED) is 0.806. The number of nitrogens with one attached hydrogen (secondary N) is 1. The van der Waals surface area contributed by atoms with E-state index < -0.39 is 0 Å². The van der Waals surface area contributed by atoms with Crippen molar-refractivity contribution < 1.29 is 4.79 Å². The van der Waals surface area contributed by atoms with E-state index in [1.807, 2.05) is 36.4 Å². The van der Waals surface area contributed by atoms with Crippen molar-refractivity contribution in [3.05, 3.63) is 71.8 Å². The lowest BCUT2D eigenvalue weighted by atomic mass is 10.0. The summed E-state index contributed by atoms with van der Waals surface area (Å²) in [5, 5.41) is 2.90. The van der Waals surface area contributed by atoms with Crippen LogP contribution in [0.4, 0.5) is 0 Å². The lowest BCUT2D eigenvalue weighted by Gasteiger charge is -2.17. The van der Waals surface area contributed by atoms with Gasteiger partial charge in [0.2, 0.25) is 0 Å². The molecule has 3 N–H and O–H groups in total. The van der Waals surface area contributed by atoms with Crippen LogP contribution in [0.15, 0.2) is 60.7 Å². The first kappa shape index (κ1) is 15.2. The summed E-state index contributed by atoms with van der Waals surface area (Å²) in [6.45, 7) is 0. The number of carbonyl (C=O) groups is 1. The van der Waals surface area contributed by atoms with E-state index in [1.165, 1.54) is 5.56 Å². The van der Waals surface area contributed by atoms with Crippen LogP contribution in [0, 0.1) is 0 Å². The van der Waals surface area contributed by atoms with E-state index in [-0.39, 0.29) is 11.9 Å². The third-order valence-corrected chi connectivity index (χ3v) is 3.53. The molecule has 108 valence electrons. The maximum Gasteiger partial charge on any atom is 0.251 e. The predicted octanol–water partition coefficient (Wildman–Crippen LogP) is 2.70. The molecule has 0 aliphatic heterocycles. The van der Waals surface area contributed by atoms with Gasteiger partial charge in [0, 0.05) is 5.56 Å². The summed E-state index contributed by atoms with van der Waals surface area (Å²) in [7, 11) is 0. The van der Waals surface area contributed by atoms with Crippen molar-refractivity contribution in [1.82, 2.24) is 5.32 Å². The number of hydrogen-bond donors (Lipinski definition) is 2. The Morgan fingerprint density at radius 3 is 2.19 bits per heavy atom. The Morgan fingerprint density at radius 2 is 1.62 bits per heavy atom. The van der Waals surface area contributed by atoms with Crippen LogP contribution < -0.4 is 11.1 Å². The van der Waals surface area contributed by atoms with E-state index in [0.29, 0.717) is 17.0 Å². The average molecular weight is 298 g/mol. The first-order valence-electron chi connectivity index (χ1n) is 6.86. The molecule has 0 aliphatic rings. The third-order valence-electron chi connectivity index (χ3n) is 3.25. The highest BCUT2D eigenvalue weighted by Crippen LogP contribution is 2.07. The standard InChI is InChI=1S/C17H18N2OS/c18-16(21)15(12-11-13-7-3-1-4-8-13)19-17(20)14-9-5-2-6-10-14/h1-10,15H,11-12H2,(H2,18,21)(H,19,20)/t15-/m0/s1. The van der Waals surface area contributed by atoms with Crippen LogP contribution in [-0.2, 0) is 6.42 Å². The van der Waals surface area contributed by atoms with Gasteiger partial charge in [0.25, 0.3) is 5.91 Å². The predicted molar refractivity (Wildman–Crippen MR) is 89.2 cm³/mol. The molecule has 0 spiro atoms. The Hall–Kier alpha value is -2.20. The number of benzene rings is 2. The first-order chi connectivity index (χ1) is 10.2. The van der Waals surface area contributed by atoms with Crippen LogP contribution in [0.2, 0.25) is 0 Å². The monoisotopic (exact) mass is 298 g/mol. The summed E-state index contributed by atoms with van der Waals surface area (Å²) in [5.74, 6) is -0.151. The van der Waals surface area contributed by atoms with Crippen molar-refractivity contribution in [2.75, 3.05) is 0 Å². The summed E-state index contributed by atoms with van der Waals surface area (Å²) in [4.78, 5) is 12.5. The second kappa shape index (κ2) is 7.55. The maximum atomic E-state index is 12.1. The Kier molecular flexibility index (Phi) is 5.46. The lowest BCUT2D eigenvalue weighted by Crippen LogP contribution is -2.43. The van der Waals surface area contributed by atoms with Crippen molar-refractivity contribution in [3.8, 4) is 0 Å². The summed E-state index contributed by atoms with van der Waals surface area (Å²) < 4.78 is 0. The molecule has 0 bridgehead atoms. The molecule has 0 radical (unpaired) electrons. The molecule has 3 nitrogen and oxygen atoms in total. The minimum atomic E-state index is -0.298. The first-order valence-corrected chi connectivity index (χ1v) is 7.27. The number of nitrogens with two attached hydrogens (primary N) is 1. The van der Waals surface area contributed by atoms with Crippen molar-refractivity contribution in [3.63, 3.8) is 0 Å². The van der Waals surface area contributed by atoms with Gasteiger partial charge < -0.3 is 11.1 Å². The smallest absolute Gasteiger partial charge is 0.251 e. The number of amides is 1. The molecular weight excluding hydrogens is 280 g/mol. The van der Waals surface area contributed by atoms with Crippen LogP contribution in [0.3, 0.4) is 0 Å². The van der Waals surface area contributed by atoms with E-state index in [2.05, 4.69) is 17.4 Å². The largest absolute Gasteiger partial charge is 0.392 e. The highest BCUT2D eigenvalue weighted by Gasteiger charge is 2.16. The fourth-order valence-electron chi connectivity index (χ4n) is 2.07. The molecule has 0 unspecified atom stereocenters. The Labute approximate surface area is 130 Å². The minimum absolute atomic E-state index is 0.151.